The average Bonchev–Trinajstić information content (AvgIpc) is 3.27. The van der Waals surface area contributed by atoms with Crippen LogP contribution >= 0.6 is 0 Å². The predicted octanol–water partition coefficient (Wildman–Crippen LogP) is 8.71. The maximum Gasteiger partial charge on any atom is 0.117 e. The van der Waals surface area contributed by atoms with Crippen LogP contribution in [0.3, 0.4) is 0 Å². The molecule has 0 atom stereocenters. The van der Waals surface area contributed by atoms with Gasteiger partial charge in [-0.25, -0.2) is 4.98 Å². The van der Waals surface area contributed by atoms with E-state index >= 15 is 0 Å². The Morgan fingerprint density at radius 2 is 1.29 bits per heavy atom. The Bertz CT molecular complexity index is 1800. The fourth-order valence-electron chi connectivity index (χ4n) is 5.48. The maximum atomic E-state index is 4.92. The first-order chi connectivity index (χ1) is 16.7. The second kappa shape index (κ2) is 7.16. The van der Waals surface area contributed by atoms with Crippen molar-refractivity contribution in [2.75, 3.05) is 0 Å². The van der Waals surface area contributed by atoms with Gasteiger partial charge in [0, 0.05) is 11.6 Å². The van der Waals surface area contributed by atoms with Crippen molar-refractivity contribution in [1.82, 2.24) is 9.55 Å². The van der Waals surface area contributed by atoms with E-state index in [1.165, 1.54) is 43.4 Å². The SMILES string of the molecule is CC(C)c1nc2ccccc2n1-c1ccc(-c2ccc3ccc4cccc5ccc2c3c45)cc1. The molecule has 0 aliphatic heterocycles. The molecular formula is C32H24N2. The van der Waals surface area contributed by atoms with E-state index < -0.39 is 0 Å². The number of hydrogen-bond donors (Lipinski definition) is 0. The molecule has 1 aromatic heterocycles. The van der Waals surface area contributed by atoms with Crippen LogP contribution in [0.15, 0.2) is 103 Å². The Balaban J connectivity index is 1.42. The van der Waals surface area contributed by atoms with Crippen LogP contribution < -0.4 is 0 Å². The molecule has 6 aromatic carbocycles. The van der Waals surface area contributed by atoms with Gasteiger partial charge in [-0.05, 0) is 67.7 Å². The molecule has 0 saturated carbocycles. The number of nitrogens with zero attached hydrogens (tertiary/aromatic N) is 2. The molecule has 0 aliphatic rings. The summed E-state index contributed by atoms with van der Waals surface area (Å²) in [5.41, 5.74) is 5.86. The van der Waals surface area contributed by atoms with E-state index in [9.17, 15) is 0 Å². The molecule has 7 rings (SSSR count). The molecule has 0 amide bonds. The zero-order chi connectivity index (χ0) is 22.8. The fraction of sp³-hybridized carbons (Fsp3) is 0.0938. The summed E-state index contributed by atoms with van der Waals surface area (Å²) < 4.78 is 2.30. The highest BCUT2D eigenvalue weighted by Crippen LogP contribution is 2.39. The van der Waals surface area contributed by atoms with Crippen LogP contribution in [0.1, 0.15) is 25.6 Å². The molecule has 0 bridgehead atoms. The van der Waals surface area contributed by atoms with Crippen LogP contribution in [0, 0.1) is 0 Å². The van der Waals surface area contributed by atoms with Crippen LogP contribution in [-0.4, -0.2) is 9.55 Å². The minimum Gasteiger partial charge on any atom is -0.296 e. The average molecular weight is 437 g/mol. The smallest absolute Gasteiger partial charge is 0.117 e. The lowest BCUT2D eigenvalue weighted by atomic mass is 9.90. The van der Waals surface area contributed by atoms with E-state index in [1.54, 1.807) is 0 Å². The van der Waals surface area contributed by atoms with Crippen LogP contribution in [0.2, 0.25) is 0 Å². The Hall–Kier alpha value is -4.17. The van der Waals surface area contributed by atoms with Crippen molar-refractivity contribution in [2.45, 2.75) is 19.8 Å². The van der Waals surface area contributed by atoms with Gasteiger partial charge in [-0.2, -0.15) is 0 Å². The van der Waals surface area contributed by atoms with Gasteiger partial charge in [-0.1, -0.05) is 92.7 Å². The van der Waals surface area contributed by atoms with Gasteiger partial charge in [-0.3, -0.25) is 4.57 Å². The highest BCUT2D eigenvalue weighted by Gasteiger charge is 2.16. The van der Waals surface area contributed by atoms with Gasteiger partial charge in [0.25, 0.3) is 0 Å². The number of benzene rings is 6. The molecule has 0 spiro atoms. The van der Waals surface area contributed by atoms with E-state index in [2.05, 4.69) is 122 Å². The number of aromatic nitrogens is 2. The topological polar surface area (TPSA) is 17.8 Å². The first-order valence-corrected chi connectivity index (χ1v) is 11.9. The van der Waals surface area contributed by atoms with Crippen molar-refractivity contribution in [3.8, 4) is 16.8 Å². The third kappa shape index (κ3) is 2.72. The lowest BCUT2D eigenvalue weighted by Gasteiger charge is -2.15. The number of para-hydroxylation sites is 2. The summed E-state index contributed by atoms with van der Waals surface area (Å²) in [6, 6.07) is 37.5. The standard InChI is InChI=1S/C32H24N2/c1-20(2)32-33-28-8-3-4-9-29(28)34(32)25-16-12-21(13-17-25)26-18-14-24-11-10-22-6-5-7-23-15-19-27(26)31(24)30(22)23/h3-20H,1-2H3. The molecule has 1 heterocycles. The van der Waals surface area contributed by atoms with Gasteiger partial charge >= 0.3 is 0 Å². The molecule has 0 saturated heterocycles. The van der Waals surface area contributed by atoms with E-state index in [4.69, 9.17) is 4.98 Å². The van der Waals surface area contributed by atoms with Crippen molar-refractivity contribution >= 4 is 43.4 Å². The van der Waals surface area contributed by atoms with Crippen LogP contribution in [0.5, 0.6) is 0 Å². The zero-order valence-electron chi connectivity index (χ0n) is 19.3. The van der Waals surface area contributed by atoms with Gasteiger partial charge in [0.15, 0.2) is 0 Å². The molecule has 2 heteroatoms. The van der Waals surface area contributed by atoms with Crippen LogP contribution in [-0.2, 0) is 0 Å². The summed E-state index contributed by atoms with van der Waals surface area (Å²) >= 11 is 0. The van der Waals surface area contributed by atoms with Crippen molar-refractivity contribution in [1.29, 1.82) is 0 Å². The largest absolute Gasteiger partial charge is 0.296 e. The molecule has 34 heavy (non-hydrogen) atoms. The summed E-state index contributed by atoms with van der Waals surface area (Å²) in [4.78, 5) is 4.92. The number of hydrogen-bond acceptors (Lipinski definition) is 1. The summed E-state index contributed by atoms with van der Waals surface area (Å²) in [6.07, 6.45) is 0. The molecule has 0 unspecified atom stereocenters. The third-order valence-corrected chi connectivity index (χ3v) is 7.07. The lowest BCUT2D eigenvalue weighted by Crippen LogP contribution is -2.03. The minimum absolute atomic E-state index is 0.338. The quantitative estimate of drug-likeness (QED) is 0.253. The summed E-state index contributed by atoms with van der Waals surface area (Å²) in [5.74, 6) is 1.43. The normalized spacial score (nSPS) is 12.1. The third-order valence-electron chi connectivity index (χ3n) is 7.07. The van der Waals surface area contributed by atoms with Crippen molar-refractivity contribution in [3.05, 3.63) is 109 Å². The van der Waals surface area contributed by atoms with Gasteiger partial charge in [0.2, 0.25) is 0 Å². The number of fused-ring (bicyclic) bond motifs is 1. The van der Waals surface area contributed by atoms with Crippen LogP contribution in [0.4, 0.5) is 0 Å². The monoisotopic (exact) mass is 436 g/mol. The summed E-state index contributed by atoms with van der Waals surface area (Å²) in [7, 11) is 0. The van der Waals surface area contributed by atoms with E-state index in [-0.39, 0.29) is 0 Å². The maximum absolute atomic E-state index is 4.92. The highest BCUT2D eigenvalue weighted by molar-refractivity contribution is 6.25. The number of imidazole rings is 1. The predicted molar refractivity (Wildman–Crippen MR) is 144 cm³/mol. The van der Waals surface area contributed by atoms with Crippen molar-refractivity contribution in [3.63, 3.8) is 0 Å². The highest BCUT2D eigenvalue weighted by atomic mass is 15.1. The molecule has 7 aromatic rings. The van der Waals surface area contributed by atoms with Gasteiger partial charge in [0.1, 0.15) is 5.82 Å². The molecule has 0 aliphatic carbocycles. The van der Waals surface area contributed by atoms with Gasteiger partial charge in [0.05, 0.1) is 11.0 Å². The molecule has 0 N–H and O–H groups in total. The first-order valence-electron chi connectivity index (χ1n) is 11.9. The first kappa shape index (κ1) is 19.3. The van der Waals surface area contributed by atoms with E-state index in [0.29, 0.717) is 5.92 Å². The Morgan fingerprint density at radius 1 is 0.618 bits per heavy atom. The summed E-state index contributed by atoms with van der Waals surface area (Å²) in [6.45, 7) is 4.41. The number of rotatable bonds is 3. The van der Waals surface area contributed by atoms with Crippen LogP contribution in [0.25, 0.3) is 60.2 Å². The fourth-order valence-corrected chi connectivity index (χ4v) is 5.48. The lowest BCUT2D eigenvalue weighted by molar-refractivity contribution is 0.760. The van der Waals surface area contributed by atoms with Crippen molar-refractivity contribution in [2.24, 2.45) is 0 Å². The van der Waals surface area contributed by atoms with Gasteiger partial charge < -0.3 is 0 Å². The second-order valence-corrected chi connectivity index (χ2v) is 9.46. The van der Waals surface area contributed by atoms with Crippen molar-refractivity contribution < 1.29 is 0 Å². The minimum atomic E-state index is 0.338. The second-order valence-electron chi connectivity index (χ2n) is 9.46. The molecule has 2 nitrogen and oxygen atoms in total. The molecule has 162 valence electrons. The van der Waals surface area contributed by atoms with E-state index in [1.807, 2.05) is 0 Å². The molecular weight excluding hydrogens is 412 g/mol. The molecule has 0 fully saturated rings. The Kier molecular flexibility index (Phi) is 4.07. The zero-order valence-corrected chi connectivity index (χ0v) is 19.3. The van der Waals surface area contributed by atoms with Gasteiger partial charge in [-0.15, -0.1) is 0 Å². The van der Waals surface area contributed by atoms with E-state index in [0.717, 1.165) is 22.5 Å². The molecule has 0 radical (unpaired) electrons. The Morgan fingerprint density at radius 3 is 2.06 bits per heavy atom. The Labute approximate surface area is 198 Å². The summed E-state index contributed by atoms with van der Waals surface area (Å²) in [5, 5.41) is 7.94.